The quantitative estimate of drug-likeness (QED) is 0.443. The molecule has 0 saturated carbocycles. The van der Waals surface area contributed by atoms with Crippen molar-refractivity contribution in [3.05, 3.63) is 92.1 Å². The number of carbonyl (C=O) groups excluding carboxylic acids is 1. The van der Waals surface area contributed by atoms with E-state index >= 15 is 0 Å². The summed E-state index contributed by atoms with van der Waals surface area (Å²) in [4.78, 5) is 26.6. The largest absolute Gasteiger partial charge is 0.502 e. The topological polar surface area (TPSA) is 74.6 Å². The molecule has 5 rings (SSSR count). The van der Waals surface area contributed by atoms with Crippen LogP contribution in [0.4, 0.5) is 17.6 Å². The number of carbonyl (C=O) groups is 1. The highest BCUT2D eigenvalue weighted by atomic mass is 32.2. The summed E-state index contributed by atoms with van der Waals surface area (Å²) < 4.78 is 55.6. The Morgan fingerprint density at radius 2 is 1.89 bits per heavy atom. The molecule has 1 amide bonds. The average Bonchev–Trinajstić information content (AvgIpc) is 3.02. The molecule has 0 bridgehead atoms. The van der Waals surface area contributed by atoms with Gasteiger partial charge >= 0.3 is 6.18 Å². The van der Waals surface area contributed by atoms with Crippen molar-refractivity contribution < 1.29 is 27.5 Å². The lowest BCUT2D eigenvalue weighted by Gasteiger charge is -2.37. The van der Waals surface area contributed by atoms with Gasteiger partial charge in [-0.1, -0.05) is 37.3 Å². The third-order valence-corrected chi connectivity index (χ3v) is 8.45. The summed E-state index contributed by atoms with van der Waals surface area (Å²) in [6.45, 7) is 2.42. The number of aromatic hydroxyl groups is 1. The molecule has 0 radical (unpaired) electrons. The van der Waals surface area contributed by atoms with Crippen LogP contribution in [-0.4, -0.2) is 39.5 Å². The van der Waals surface area contributed by atoms with Crippen LogP contribution in [0.5, 0.6) is 5.75 Å². The van der Waals surface area contributed by atoms with Crippen LogP contribution in [0.2, 0.25) is 0 Å². The number of nitrogens with one attached hydrogen (secondary N) is 1. The Hall–Kier alpha value is -3.47. The van der Waals surface area contributed by atoms with Crippen molar-refractivity contribution in [2.45, 2.75) is 55.5 Å². The lowest BCUT2D eigenvalue weighted by atomic mass is 9.85. The normalized spacial score (nSPS) is 17.7. The number of pyridine rings is 1. The number of aromatic nitrogens is 1. The first-order valence-electron chi connectivity index (χ1n) is 12.1. The number of nitrogens with zero attached hydrogens (tertiary/aromatic N) is 2. The van der Waals surface area contributed by atoms with E-state index in [1.54, 1.807) is 6.07 Å². The SMILES string of the molecule is C[C@@H]1c2cccc(F)c2SCc2cccc(CCc3cc(=O)c(O)c4n3NCN([C@H](C)C(F)(F)F)C4=O)c21. The molecule has 2 aliphatic heterocycles. The number of alkyl halides is 3. The van der Waals surface area contributed by atoms with Crippen LogP contribution in [0.3, 0.4) is 0 Å². The molecule has 11 heteroatoms. The lowest BCUT2D eigenvalue weighted by molar-refractivity contribution is -0.172. The summed E-state index contributed by atoms with van der Waals surface area (Å²) in [5, 5.41) is 10.3. The molecule has 2 aliphatic rings. The van der Waals surface area contributed by atoms with Gasteiger partial charge in [0.1, 0.15) is 18.5 Å². The zero-order valence-corrected chi connectivity index (χ0v) is 21.4. The van der Waals surface area contributed by atoms with Crippen LogP contribution in [0.1, 0.15) is 58.2 Å². The predicted octanol–water partition coefficient (Wildman–Crippen LogP) is 5.14. The zero-order chi connectivity index (χ0) is 27.4. The van der Waals surface area contributed by atoms with Crippen molar-refractivity contribution in [3.8, 4) is 5.75 Å². The van der Waals surface area contributed by atoms with E-state index in [1.807, 2.05) is 31.2 Å². The summed E-state index contributed by atoms with van der Waals surface area (Å²) in [6, 6.07) is 10.0. The summed E-state index contributed by atoms with van der Waals surface area (Å²) >= 11 is 1.45. The Morgan fingerprint density at radius 3 is 2.63 bits per heavy atom. The Bertz CT molecular complexity index is 1490. The van der Waals surface area contributed by atoms with E-state index in [-0.39, 0.29) is 18.2 Å². The molecule has 2 N–H and O–H groups in total. The summed E-state index contributed by atoms with van der Waals surface area (Å²) in [6.07, 6.45) is -3.95. The second-order valence-corrected chi connectivity index (χ2v) is 10.5. The number of thioether (sulfide) groups is 1. The molecule has 1 aromatic heterocycles. The maximum absolute atomic E-state index is 14.5. The molecule has 0 saturated heterocycles. The van der Waals surface area contributed by atoms with E-state index in [2.05, 4.69) is 5.43 Å². The van der Waals surface area contributed by atoms with Gasteiger partial charge in [-0.05, 0) is 48.1 Å². The van der Waals surface area contributed by atoms with Crippen molar-refractivity contribution >= 4 is 17.7 Å². The third kappa shape index (κ3) is 4.42. The first-order valence-corrected chi connectivity index (χ1v) is 13.1. The van der Waals surface area contributed by atoms with E-state index in [9.17, 15) is 32.3 Å². The number of benzene rings is 2. The van der Waals surface area contributed by atoms with Crippen molar-refractivity contribution in [1.82, 2.24) is 9.58 Å². The molecule has 0 spiro atoms. The minimum absolute atomic E-state index is 0.0875. The van der Waals surface area contributed by atoms with Crippen LogP contribution in [0.25, 0.3) is 0 Å². The average molecular weight is 548 g/mol. The van der Waals surface area contributed by atoms with Crippen LogP contribution in [-0.2, 0) is 18.6 Å². The highest BCUT2D eigenvalue weighted by Crippen LogP contribution is 2.43. The second kappa shape index (κ2) is 9.68. The standard InChI is InChI=1S/C27H25F4N3O3S/c1-14-19-7-4-8-20(28)25(19)38-12-17-6-3-5-16(22(14)17)9-10-18-11-21(35)24(36)23-26(37)33(13-32-34(18)23)15(2)27(29,30)31/h3-8,11,14-15,32,36H,9-10,12-13H2,1-2H3/t14-,15-/m1/s1. The fourth-order valence-electron chi connectivity index (χ4n) is 5.21. The number of rotatable bonds is 4. The summed E-state index contributed by atoms with van der Waals surface area (Å²) in [7, 11) is 0. The Kier molecular flexibility index (Phi) is 6.66. The number of hydrogen-bond donors (Lipinski definition) is 2. The molecule has 3 heterocycles. The van der Waals surface area contributed by atoms with Gasteiger partial charge in [0.05, 0.1) is 0 Å². The predicted molar refractivity (Wildman–Crippen MR) is 136 cm³/mol. The van der Waals surface area contributed by atoms with Gasteiger partial charge in [0, 0.05) is 28.3 Å². The van der Waals surface area contributed by atoms with Crippen molar-refractivity contribution in [3.63, 3.8) is 0 Å². The molecule has 6 nitrogen and oxygen atoms in total. The highest BCUT2D eigenvalue weighted by Gasteiger charge is 2.45. The van der Waals surface area contributed by atoms with Crippen molar-refractivity contribution in [2.24, 2.45) is 0 Å². The molecular weight excluding hydrogens is 522 g/mol. The molecule has 38 heavy (non-hydrogen) atoms. The fraction of sp³-hybridized carbons (Fsp3) is 0.333. The van der Waals surface area contributed by atoms with Gasteiger partial charge in [-0.3, -0.25) is 14.3 Å². The zero-order valence-electron chi connectivity index (χ0n) is 20.6. The van der Waals surface area contributed by atoms with Crippen LogP contribution in [0, 0.1) is 5.82 Å². The fourth-order valence-corrected chi connectivity index (χ4v) is 6.38. The maximum Gasteiger partial charge on any atom is 0.408 e. The minimum Gasteiger partial charge on any atom is -0.502 e. The minimum atomic E-state index is -4.67. The molecule has 0 aliphatic carbocycles. The number of fused-ring (bicyclic) bond motifs is 3. The van der Waals surface area contributed by atoms with Gasteiger partial charge in [-0.2, -0.15) is 13.2 Å². The molecular formula is C27H25F4N3O3S. The van der Waals surface area contributed by atoms with Crippen LogP contribution in [0.15, 0.2) is 52.2 Å². The smallest absolute Gasteiger partial charge is 0.408 e. The number of hydrogen-bond acceptors (Lipinski definition) is 5. The number of amides is 1. The molecule has 200 valence electrons. The Morgan fingerprint density at radius 1 is 1.16 bits per heavy atom. The third-order valence-electron chi connectivity index (χ3n) is 7.28. The monoisotopic (exact) mass is 547 g/mol. The first-order chi connectivity index (χ1) is 18.0. The maximum atomic E-state index is 14.5. The van der Waals surface area contributed by atoms with Gasteiger partial charge in [0.25, 0.3) is 5.91 Å². The number of halogens is 4. The van der Waals surface area contributed by atoms with Gasteiger partial charge < -0.3 is 15.4 Å². The Labute approximate surface area is 220 Å². The second-order valence-electron chi connectivity index (χ2n) is 9.50. The molecule has 2 aromatic carbocycles. The van der Waals surface area contributed by atoms with E-state index in [4.69, 9.17) is 0 Å². The van der Waals surface area contributed by atoms with E-state index < -0.39 is 41.7 Å². The van der Waals surface area contributed by atoms with Gasteiger partial charge in [-0.15, -0.1) is 11.8 Å². The van der Waals surface area contributed by atoms with Gasteiger partial charge in [-0.25, -0.2) is 4.39 Å². The van der Waals surface area contributed by atoms with E-state index in [0.29, 0.717) is 27.7 Å². The molecule has 0 fully saturated rings. The summed E-state index contributed by atoms with van der Waals surface area (Å²) in [5.41, 5.74) is 5.76. The van der Waals surface area contributed by atoms with Gasteiger partial charge in [0.2, 0.25) is 5.43 Å². The van der Waals surface area contributed by atoms with Crippen LogP contribution >= 0.6 is 11.8 Å². The van der Waals surface area contributed by atoms with Crippen molar-refractivity contribution in [1.29, 1.82) is 0 Å². The van der Waals surface area contributed by atoms with E-state index in [1.165, 1.54) is 28.6 Å². The van der Waals surface area contributed by atoms with Crippen molar-refractivity contribution in [2.75, 3.05) is 12.1 Å². The Balaban J connectivity index is 1.49. The molecule has 3 aromatic rings. The van der Waals surface area contributed by atoms with Crippen LogP contribution < -0.4 is 10.9 Å². The lowest BCUT2D eigenvalue weighted by Crippen LogP contribution is -2.55. The molecule has 2 atom stereocenters. The summed E-state index contributed by atoms with van der Waals surface area (Å²) in [5.74, 6) is -1.73. The highest BCUT2D eigenvalue weighted by molar-refractivity contribution is 7.98. The van der Waals surface area contributed by atoms with E-state index in [0.717, 1.165) is 29.2 Å². The van der Waals surface area contributed by atoms with Gasteiger partial charge in [0.15, 0.2) is 11.4 Å². The molecule has 0 unspecified atom stereocenters. The first kappa shape index (κ1) is 26.1. The number of aryl methyl sites for hydroxylation is 2.